The summed E-state index contributed by atoms with van der Waals surface area (Å²) < 4.78 is 0.928. The number of benzene rings is 1. The first kappa shape index (κ1) is 13.9. The van der Waals surface area contributed by atoms with Crippen molar-refractivity contribution in [2.24, 2.45) is 5.92 Å². The molecule has 1 aliphatic carbocycles. The molecule has 1 aliphatic rings. The Hall–Kier alpha value is -0.490. The van der Waals surface area contributed by atoms with Crippen LogP contribution in [0.2, 0.25) is 0 Å². The third kappa shape index (κ3) is 3.51. The predicted octanol–water partition coefficient (Wildman–Crippen LogP) is 3.13. The van der Waals surface area contributed by atoms with E-state index in [1.807, 2.05) is 0 Å². The van der Waals surface area contributed by atoms with Gasteiger partial charge in [-0.25, -0.2) is 0 Å². The van der Waals surface area contributed by atoms with Crippen molar-refractivity contribution in [3.05, 3.63) is 27.3 Å². The number of nitrogens with one attached hydrogen (secondary N) is 1. The van der Waals surface area contributed by atoms with Gasteiger partial charge < -0.3 is 10.4 Å². The molecule has 1 aromatic rings. The molecule has 3 nitrogen and oxygen atoms in total. The molecule has 2 rings (SSSR count). The van der Waals surface area contributed by atoms with Crippen LogP contribution in [0.3, 0.4) is 0 Å². The first-order valence-electron chi connectivity index (χ1n) is 5.97. The fraction of sp³-hybridized carbons (Fsp3) is 0.462. The van der Waals surface area contributed by atoms with Crippen molar-refractivity contribution < 1.29 is 9.90 Å². The molecule has 1 aromatic carbocycles. The molecule has 0 radical (unpaired) electrons. The van der Waals surface area contributed by atoms with Gasteiger partial charge in [-0.2, -0.15) is 0 Å². The van der Waals surface area contributed by atoms with E-state index in [9.17, 15) is 9.90 Å². The largest absolute Gasteiger partial charge is 0.507 e. The summed E-state index contributed by atoms with van der Waals surface area (Å²) >= 11 is 8.15. The van der Waals surface area contributed by atoms with Gasteiger partial charge in [-0.05, 0) is 66.0 Å². The maximum atomic E-state index is 11.9. The van der Waals surface area contributed by atoms with Gasteiger partial charge in [-0.1, -0.05) is 0 Å². The number of phenolic OH excluding ortho intramolecular Hbond substituents is 1. The van der Waals surface area contributed by atoms with Gasteiger partial charge in [0.2, 0.25) is 0 Å². The summed E-state index contributed by atoms with van der Waals surface area (Å²) in [6, 6.07) is 4.99. The lowest BCUT2D eigenvalue weighted by molar-refractivity contribution is 0.0944. The Morgan fingerprint density at radius 1 is 1.50 bits per heavy atom. The lowest BCUT2D eigenvalue weighted by atomic mass is 10.1. The maximum absolute atomic E-state index is 11.9. The van der Waals surface area contributed by atoms with Gasteiger partial charge in [0.25, 0.3) is 5.91 Å². The minimum absolute atomic E-state index is 0.0227. The quantitative estimate of drug-likeness (QED) is 0.626. The number of aromatic hydroxyl groups is 1. The van der Waals surface area contributed by atoms with Crippen LogP contribution >= 0.6 is 34.2 Å². The highest BCUT2D eigenvalue weighted by atomic mass is 127. The number of alkyl halides is 1. The van der Waals surface area contributed by atoms with Crippen molar-refractivity contribution in [2.45, 2.75) is 24.6 Å². The molecular formula is C13H15ClINO2. The molecule has 1 fully saturated rings. The normalized spacial score (nSPS) is 23.0. The highest BCUT2D eigenvalue weighted by Crippen LogP contribution is 2.29. The van der Waals surface area contributed by atoms with Gasteiger partial charge in [-0.3, -0.25) is 4.79 Å². The molecule has 5 heteroatoms. The lowest BCUT2D eigenvalue weighted by Gasteiger charge is -2.11. The van der Waals surface area contributed by atoms with E-state index in [-0.39, 0.29) is 17.0 Å². The SMILES string of the molecule is O=C(NCC1CCC(Cl)C1)c1cc(I)ccc1O. The third-order valence-corrected chi connectivity index (χ3v) is 4.30. The van der Waals surface area contributed by atoms with E-state index in [4.69, 9.17) is 11.6 Å². The van der Waals surface area contributed by atoms with Crippen LogP contribution in [0.25, 0.3) is 0 Å². The number of hydrogen-bond acceptors (Lipinski definition) is 2. The highest BCUT2D eigenvalue weighted by Gasteiger charge is 2.23. The van der Waals surface area contributed by atoms with Crippen molar-refractivity contribution >= 4 is 40.1 Å². The second-order valence-corrected chi connectivity index (χ2v) is 6.51. The van der Waals surface area contributed by atoms with Crippen LogP contribution in [0.15, 0.2) is 18.2 Å². The predicted molar refractivity (Wildman–Crippen MR) is 80.1 cm³/mol. The standard InChI is InChI=1S/C13H15ClINO2/c14-9-2-1-8(5-9)7-16-13(18)11-6-10(15)3-4-12(11)17/h3-4,6,8-9,17H,1-2,5,7H2,(H,16,18). The molecule has 0 saturated heterocycles. The van der Waals surface area contributed by atoms with Crippen LogP contribution < -0.4 is 5.32 Å². The number of hydrogen-bond donors (Lipinski definition) is 2. The zero-order chi connectivity index (χ0) is 13.1. The number of rotatable bonds is 3. The van der Waals surface area contributed by atoms with Crippen LogP contribution in [-0.2, 0) is 0 Å². The van der Waals surface area contributed by atoms with Crippen LogP contribution in [0.5, 0.6) is 5.75 Å². The Labute approximate surface area is 125 Å². The number of halogens is 2. The number of amides is 1. The van der Waals surface area contributed by atoms with E-state index >= 15 is 0 Å². The van der Waals surface area contributed by atoms with E-state index in [0.29, 0.717) is 18.0 Å². The first-order valence-corrected chi connectivity index (χ1v) is 7.48. The minimum atomic E-state index is -0.218. The molecular weight excluding hydrogens is 365 g/mol. The van der Waals surface area contributed by atoms with E-state index in [1.165, 1.54) is 0 Å². The Bertz CT molecular complexity index is 453. The van der Waals surface area contributed by atoms with Gasteiger partial charge in [0.05, 0.1) is 5.56 Å². The van der Waals surface area contributed by atoms with Gasteiger partial charge in [0.15, 0.2) is 0 Å². The van der Waals surface area contributed by atoms with Crippen LogP contribution in [0.4, 0.5) is 0 Å². The summed E-state index contributed by atoms with van der Waals surface area (Å²) in [5.74, 6) is 0.264. The van der Waals surface area contributed by atoms with E-state index in [1.54, 1.807) is 18.2 Å². The molecule has 0 heterocycles. The fourth-order valence-electron chi connectivity index (χ4n) is 2.22. The zero-order valence-corrected chi connectivity index (χ0v) is 12.7. The van der Waals surface area contributed by atoms with Gasteiger partial charge >= 0.3 is 0 Å². The Kier molecular flexibility index (Phi) is 4.72. The van der Waals surface area contributed by atoms with E-state index in [2.05, 4.69) is 27.9 Å². The monoisotopic (exact) mass is 379 g/mol. The molecule has 98 valence electrons. The average Bonchev–Trinajstić information content (AvgIpc) is 2.75. The molecule has 18 heavy (non-hydrogen) atoms. The van der Waals surface area contributed by atoms with Crippen molar-refractivity contribution in [1.29, 1.82) is 0 Å². The van der Waals surface area contributed by atoms with Gasteiger partial charge in [0, 0.05) is 15.5 Å². The van der Waals surface area contributed by atoms with Crippen LogP contribution in [-0.4, -0.2) is 22.9 Å². The summed E-state index contributed by atoms with van der Waals surface area (Å²) in [4.78, 5) is 11.9. The topological polar surface area (TPSA) is 49.3 Å². The number of carbonyl (C=O) groups excluding carboxylic acids is 1. The minimum Gasteiger partial charge on any atom is -0.507 e. The molecule has 1 saturated carbocycles. The van der Waals surface area contributed by atoms with Crippen molar-refractivity contribution in [1.82, 2.24) is 5.32 Å². The summed E-state index contributed by atoms with van der Waals surface area (Å²) in [6.07, 6.45) is 3.05. The van der Waals surface area contributed by atoms with E-state index < -0.39 is 0 Å². The number of phenols is 1. The van der Waals surface area contributed by atoms with E-state index in [0.717, 1.165) is 22.8 Å². The molecule has 0 aliphatic heterocycles. The second-order valence-electron chi connectivity index (χ2n) is 4.65. The highest BCUT2D eigenvalue weighted by molar-refractivity contribution is 14.1. The summed E-state index contributed by atoms with van der Waals surface area (Å²) in [5.41, 5.74) is 0.335. The first-order chi connectivity index (χ1) is 8.56. The Morgan fingerprint density at radius 3 is 2.94 bits per heavy atom. The van der Waals surface area contributed by atoms with Crippen molar-refractivity contribution in [3.63, 3.8) is 0 Å². The molecule has 2 atom stereocenters. The van der Waals surface area contributed by atoms with Crippen molar-refractivity contribution in [3.8, 4) is 5.75 Å². The molecule has 2 N–H and O–H groups in total. The van der Waals surface area contributed by atoms with Crippen LogP contribution in [0, 0.1) is 9.49 Å². The Balaban J connectivity index is 1.93. The molecule has 0 spiro atoms. The molecule has 2 unspecified atom stereocenters. The summed E-state index contributed by atoms with van der Waals surface area (Å²) in [7, 11) is 0. The molecule has 1 amide bonds. The molecule has 0 aromatic heterocycles. The van der Waals surface area contributed by atoms with Crippen molar-refractivity contribution in [2.75, 3.05) is 6.54 Å². The van der Waals surface area contributed by atoms with Crippen LogP contribution in [0.1, 0.15) is 29.6 Å². The lowest BCUT2D eigenvalue weighted by Crippen LogP contribution is -2.28. The third-order valence-electron chi connectivity index (χ3n) is 3.23. The van der Waals surface area contributed by atoms with Gasteiger partial charge in [-0.15, -0.1) is 11.6 Å². The smallest absolute Gasteiger partial charge is 0.255 e. The average molecular weight is 380 g/mol. The van der Waals surface area contributed by atoms with Gasteiger partial charge in [0.1, 0.15) is 5.75 Å². The second kappa shape index (κ2) is 6.10. The Morgan fingerprint density at radius 2 is 2.28 bits per heavy atom. The summed E-state index contributed by atoms with van der Waals surface area (Å²) in [6.45, 7) is 0.632. The fourth-order valence-corrected chi connectivity index (χ4v) is 3.09. The summed E-state index contributed by atoms with van der Waals surface area (Å²) in [5, 5.41) is 12.8. The number of carbonyl (C=O) groups is 1. The zero-order valence-electron chi connectivity index (χ0n) is 9.83. The maximum Gasteiger partial charge on any atom is 0.255 e. The molecule has 0 bridgehead atoms.